The maximum Gasteiger partial charge on any atom is 0.216 e. The predicted molar refractivity (Wildman–Crippen MR) is 92.3 cm³/mol. The van der Waals surface area contributed by atoms with Crippen molar-refractivity contribution in [2.45, 2.75) is 44.7 Å². The molecule has 1 aromatic heterocycles. The number of rotatable bonds is 6. The number of aromatic nitrogens is 1. The summed E-state index contributed by atoms with van der Waals surface area (Å²) in [7, 11) is 0. The molecule has 136 valence electrons. The van der Waals surface area contributed by atoms with Crippen molar-refractivity contribution in [3.8, 4) is 5.75 Å². The summed E-state index contributed by atoms with van der Waals surface area (Å²) >= 11 is 0. The Hall–Kier alpha value is -2.09. The van der Waals surface area contributed by atoms with Crippen molar-refractivity contribution < 1.29 is 24.5 Å². The molecule has 1 saturated heterocycles. The number of aromatic amines is 1. The van der Waals surface area contributed by atoms with Gasteiger partial charge in [0, 0.05) is 43.4 Å². The standard InChI is InChI=1S/C18H24N2O5/c1-11(22)19-5-4-12-9-20-17-3-2-14(8-16(12)17)24-18-7-13(23)6-15(10-21)25-18/h2-3,8-9,13,15,18,20-21,23H,4-7,10H2,1H3,(H,19,22). The molecule has 7 heteroatoms. The number of aliphatic hydroxyl groups is 2. The number of carbonyl (C=O) groups is 1. The fraction of sp³-hybridized carbons (Fsp3) is 0.500. The monoisotopic (exact) mass is 348 g/mol. The average molecular weight is 348 g/mol. The van der Waals surface area contributed by atoms with Crippen molar-refractivity contribution in [3.63, 3.8) is 0 Å². The largest absolute Gasteiger partial charge is 0.465 e. The molecule has 3 rings (SSSR count). The highest BCUT2D eigenvalue weighted by Crippen LogP contribution is 2.27. The topological polar surface area (TPSA) is 104 Å². The molecule has 3 unspecified atom stereocenters. The first-order chi connectivity index (χ1) is 12.0. The number of amides is 1. The van der Waals surface area contributed by atoms with Crippen LogP contribution in [0.3, 0.4) is 0 Å². The van der Waals surface area contributed by atoms with Crippen LogP contribution in [0, 0.1) is 0 Å². The van der Waals surface area contributed by atoms with E-state index < -0.39 is 18.5 Å². The second-order valence-corrected chi connectivity index (χ2v) is 6.37. The SMILES string of the molecule is CC(=O)NCCc1c[nH]c2ccc(OC3CC(O)CC(CO)O3)cc12. The molecule has 25 heavy (non-hydrogen) atoms. The van der Waals surface area contributed by atoms with Crippen LogP contribution < -0.4 is 10.1 Å². The minimum atomic E-state index is -0.583. The first-order valence-electron chi connectivity index (χ1n) is 8.50. The first-order valence-corrected chi connectivity index (χ1v) is 8.50. The Labute approximate surface area is 145 Å². The van der Waals surface area contributed by atoms with Crippen LogP contribution in [0.4, 0.5) is 0 Å². The molecule has 2 aromatic rings. The molecule has 1 aliphatic heterocycles. The number of H-pyrrole nitrogens is 1. The van der Waals surface area contributed by atoms with Gasteiger partial charge in [-0.05, 0) is 30.2 Å². The van der Waals surface area contributed by atoms with E-state index in [4.69, 9.17) is 9.47 Å². The zero-order valence-electron chi connectivity index (χ0n) is 14.2. The van der Waals surface area contributed by atoms with E-state index >= 15 is 0 Å². The number of carbonyl (C=O) groups excluding carboxylic acids is 1. The molecular weight excluding hydrogens is 324 g/mol. The van der Waals surface area contributed by atoms with Crippen molar-refractivity contribution in [1.29, 1.82) is 0 Å². The molecule has 0 bridgehead atoms. The minimum Gasteiger partial charge on any atom is -0.465 e. The maximum atomic E-state index is 11.0. The highest BCUT2D eigenvalue weighted by Gasteiger charge is 2.29. The molecule has 3 atom stereocenters. The number of nitrogens with one attached hydrogen (secondary N) is 2. The van der Waals surface area contributed by atoms with Crippen LogP contribution >= 0.6 is 0 Å². The quantitative estimate of drug-likeness (QED) is 0.625. The van der Waals surface area contributed by atoms with Gasteiger partial charge in [-0.2, -0.15) is 0 Å². The highest BCUT2D eigenvalue weighted by molar-refractivity contribution is 5.84. The Bertz CT molecular complexity index is 729. The van der Waals surface area contributed by atoms with Crippen LogP contribution in [0.25, 0.3) is 10.9 Å². The lowest BCUT2D eigenvalue weighted by molar-refractivity contribution is -0.184. The van der Waals surface area contributed by atoms with Gasteiger partial charge in [0.15, 0.2) is 0 Å². The van der Waals surface area contributed by atoms with E-state index in [1.165, 1.54) is 6.92 Å². The summed E-state index contributed by atoms with van der Waals surface area (Å²) in [5.41, 5.74) is 2.08. The fourth-order valence-electron chi connectivity index (χ4n) is 3.10. The number of aliphatic hydroxyl groups excluding tert-OH is 2. The fourth-order valence-corrected chi connectivity index (χ4v) is 3.10. The number of hydrogen-bond acceptors (Lipinski definition) is 5. The summed E-state index contributed by atoms with van der Waals surface area (Å²) < 4.78 is 11.5. The molecule has 1 amide bonds. The summed E-state index contributed by atoms with van der Waals surface area (Å²) in [6.07, 6.45) is 1.91. The van der Waals surface area contributed by atoms with Crippen molar-refractivity contribution in [1.82, 2.24) is 10.3 Å². The van der Waals surface area contributed by atoms with Gasteiger partial charge >= 0.3 is 0 Å². The van der Waals surface area contributed by atoms with Gasteiger partial charge in [0.25, 0.3) is 0 Å². The van der Waals surface area contributed by atoms with Gasteiger partial charge in [-0.25, -0.2) is 0 Å². The summed E-state index contributed by atoms with van der Waals surface area (Å²) in [6, 6.07) is 5.69. The lowest BCUT2D eigenvalue weighted by Crippen LogP contribution is -2.40. The molecule has 2 heterocycles. The van der Waals surface area contributed by atoms with Crippen LogP contribution in [0.1, 0.15) is 25.3 Å². The van der Waals surface area contributed by atoms with Gasteiger partial charge in [-0.15, -0.1) is 0 Å². The Kier molecular flexibility index (Phi) is 5.57. The van der Waals surface area contributed by atoms with Crippen LogP contribution in [-0.4, -0.2) is 52.8 Å². The van der Waals surface area contributed by atoms with Gasteiger partial charge in [0.2, 0.25) is 12.2 Å². The Morgan fingerprint density at radius 2 is 2.28 bits per heavy atom. The summed E-state index contributed by atoms with van der Waals surface area (Å²) in [5, 5.41) is 22.9. The van der Waals surface area contributed by atoms with E-state index in [9.17, 15) is 15.0 Å². The van der Waals surface area contributed by atoms with E-state index in [0.717, 1.165) is 16.5 Å². The van der Waals surface area contributed by atoms with Crippen molar-refractivity contribution in [3.05, 3.63) is 30.0 Å². The van der Waals surface area contributed by atoms with E-state index in [0.29, 0.717) is 31.6 Å². The van der Waals surface area contributed by atoms with Crippen molar-refractivity contribution >= 4 is 16.8 Å². The maximum absolute atomic E-state index is 11.0. The van der Waals surface area contributed by atoms with E-state index in [-0.39, 0.29) is 12.5 Å². The average Bonchev–Trinajstić information content (AvgIpc) is 2.96. The highest BCUT2D eigenvalue weighted by atomic mass is 16.7. The van der Waals surface area contributed by atoms with Crippen molar-refractivity contribution in [2.24, 2.45) is 0 Å². The Morgan fingerprint density at radius 3 is 3.04 bits per heavy atom. The molecule has 4 N–H and O–H groups in total. The summed E-state index contributed by atoms with van der Waals surface area (Å²) in [5.74, 6) is 0.596. The third kappa shape index (κ3) is 4.50. The molecule has 0 aliphatic carbocycles. The van der Waals surface area contributed by atoms with Gasteiger partial charge < -0.3 is 30.0 Å². The van der Waals surface area contributed by atoms with Crippen LogP contribution in [0.2, 0.25) is 0 Å². The molecular formula is C18H24N2O5. The molecule has 7 nitrogen and oxygen atoms in total. The second-order valence-electron chi connectivity index (χ2n) is 6.37. The minimum absolute atomic E-state index is 0.0460. The second kappa shape index (κ2) is 7.86. The number of fused-ring (bicyclic) bond motifs is 1. The Morgan fingerprint density at radius 1 is 1.44 bits per heavy atom. The van der Waals surface area contributed by atoms with E-state index in [1.807, 2.05) is 24.4 Å². The number of benzene rings is 1. The first kappa shape index (κ1) is 17.7. The van der Waals surface area contributed by atoms with Crippen molar-refractivity contribution in [2.75, 3.05) is 13.2 Å². The normalized spacial score (nSPS) is 23.6. The molecule has 1 aromatic carbocycles. The molecule has 0 spiro atoms. The van der Waals surface area contributed by atoms with Crippen LogP contribution in [-0.2, 0) is 16.0 Å². The molecule has 0 radical (unpaired) electrons. The third-order valence-corrected chi connectivity index (χ3v) is 4.32. The Balaban J connectivity index is 1.70. The summed E-state index contributed by atoms with van der Waals surface area (Å²) in [4.78, 5) is 14.2. The van der Waals surface area contributed by atoms with Gasteiger partial charge in [-0.3, -0.25) is 4.79 Å². The van der Waals surface area contributed by atoms with Gasteiger partial charge in [0.1, 0.15) is 5.75 Å². The number of hydrogen-bond donors (Lipinski definition) is 4. The van der Waals surface area contributed by atoms with E-state index in [2.05, 4.69) is 10.3 Å². The lowest BCUT2D eigenvalue weighted by atomic mass is 10.1. The van der Waals surface area contributed by atoms with Crippen LogP contribution in [0.15, 0.2) is 24.4 Å². The molecule has 1 aliphatic rings. The zero-order chi connectivity index (χ0) is 17.8. The van der Waals surface area contributed by atoms with Gasteiger partial charge in [-0.1, -0.05) is 0 Å². The third-order valence-electron chi connectivity index (χ3n) is 4.32. The van der Waals surface area contributed by atoms with Gasteiger partial charge in [0.05, 0.1) is 18.8 Å². The smallest absolute Gasteiger partial charge is 0.216 e. The predicted octanol–water partition coefficient (Wildman–Crippen LogP) is 1.08. The van der Waals surface area contributed by atoms with Crippen LogP contribution in [0.5, 0.6) is 5.75 Å². The number of ether oxygens (including phenoxy) is 2. The molecule has 1 fully saturated rings. The molecule has 0 saturated carbocycles. The summed E-state index contributed by atoms with van der Waals surface area (Å²) in [6.45, 7) is 1.93. The zero-order valence-corrected chi connectivity index (χ0v) is 14.2. The van der Waals surface area contributed by atoms with E-state index in [1.54, 1.807) is 0 Å². The lowest BCUT2D eigenvalue weighted by Gasteiger charge is -2.32.